The number of anilines is 1. The van der Waals surface area contributed by atoms with Gasteiger partial charge in [0.25, 0.3) is 0 Å². The van der Waals surface area contributed by atoms with Gasteiger partial charge in [0.1, 0.15) is 17.4 Å². The summed E-state index contributed by atoms with van der Waals surface area (Å²) in [4.78, 5) is 9.27. The standard InChI is InChI=1S/C23H25N3O/c1-3-27-19-11-6-10-18(14-19)22-15-23(25-16(2)24-22)26-21-13-7-9-17-8-4-5-12-20(17)21/h4-6,8,10-12,14-15,21H,3,7,9,13H2,1-2H3,(H,24,25,26). The van der Waals surface area contributed by atoms with Gasteiger partial charge in [0.15, 0.2) is 0 Å². The van der Waals surface area contributed by atoms with Crippen molar-refractivity contribution in [2.24, 2.45) is 0 Å². The molecule has 27 heavy (non-hydrogen) atoms. The van der Waals surface area contributed by atoms with E-state index in [1.807, 2.05) is 38.1 Å². The van der Waals surface area contributed by atoms with Crippen LogP contribution in [0.15, 0.2) is 54.6 Å². The first kappa shape index (κ1) is 17.5. The Balaban J connectivity index is 1.63. The van der Waals surface area contributed by atoms with Crippen molar-refractivity contribution in [3.63, 3.8) is 0 Å². The summed E-state index contributed by atoms with van der Waals surface area (Å²) in [7, 11) is 0. The van der Waals surface area contributed by atoms with Crippen molar-refractivity contribution in [2.75, 3.05) is 11.9 Å². The molecule has 3 aromatic rings. The third-order valence-corrected chi connectivity index (χ3v) is 4.97. The second-order valence-corrected chi connectivity index (χ2v) is 6.93. The van der Waals surface area contributed by atoms with Crippen LogP contribution in [0.1, 0.15) is 42.8 Å². The summed E-state index contributed by atoms with van der Waals surface area (Å²) in [6, 6.07) is 19.1. The molecule has 2 aromatic carbocycles. The van der Waals surface area contributed by atoms with Gasteiger partial charge in [-0.25, -0.2) is 9.97 Å². The summed E-state index contributed by atoms with van der Waals surface area (Å²) < 4.78 is 5.63. The molecular formula is C23H25N3O. The van der Waals surface area contributed by atoms with Gasteiger partial charge < -0.3 is 10.1 Å². The van der Waals surface area contributed by atoms with Gasteiger partial charge in [-0.3, -0.25) is 0 Å². The Morgan fingerprint density at radius 2 is 1.96 bits per heavy atom. The summed E-state index contributed by atoms with van der Waals surface area (Å²) >= 11 is 0. The maximum atomic E-state index is 5.63. The van der Waals surface area contributed by atoms with E-state index >= 15 is 0 Å². The number of aryl methyl sites for hydroxylation is 2. The number of hydrogen-bond acceptors (Lipinski definition) is 4. The topological polar surface area (TPSA) is 47.0 Å². The highest BCUT2D eigenvalue weighted by atomic mass is 16.5. The molecule has 0 fully saturated rings. The van der Waals surface area contributed by atoms with Crippen LogP contribution in [0.5, 0.6) is 5.75 Å². The molecule has 1 heterocycles. The predicted octanol–water partition coefficient (Wildman–Crippen LogP) is 5.34. The number of fused-ring (bicyclic) bond motifs is 1. The first-order valence-electron chi connectivity index (χ1n) is 9.66. The van der Waals surface area contributed by atoms with Crippen LogP contribution >= 0.6 is 0 Å². The van der Waals surface area contributed by atoms with Crippen molar-refractivity contribution < 1.29 is 4.74 Å². The maximum Gasteiger partial charge on any atom is 0.130 e. The molecule has 1 aliphatic rings. The lowest BCUT2D eigenvalue weighted by Gasteiger charge is -2.27. The number of aromatic nitrogens is 2. The summed E-state index contributed by atoms with van der Waals surface area (Å²) in [6.45, 7) is 4.58. The number of nitrogens with one attached hydrogen (secondary N) is 1. The van der Waals surface area contributed by atoms with E-state index in [0.29, 0.717) is 12.6 Å². The molecule has 0 bridgehead atoms. The van der Waals surface area contributed by atoms with Gasteiger partial charge in [-0.15, -0.1) is 0 Å². The van der Waals surface area contributed by atoms with E-state index in [4.69, 9.17) is 4.74 Å². The highest BCUT2D eigenvalue weighted by Crippen LogP contribution is 2.33. The van der Waals surface area contributed by atoms with Crippen molar-refractivity contribution in [3.05, 3.63) is 71.5 Å². The average molecular weight is 359 g/mol. The van der Waals surface area contributed by atoms with Gasteiger partial charge in [0.05, 0.1) is 18.3 Å². The van der Waals surface area contributed by atoms with Gasteiger partial charge >= 0.3 is 0 Å². The Bertz CT molecular complexity index is 938. The van der Waals surface area contributed by atoms with Crippen LogP contribution in [0.25, 0.3) is 11.3 Å². The summed E-state index contributed by atoms with van der Waals surface area (Å²) in [5.74, 6) is 2.50. The van der Waals surface area contributed by atoms with Gasteiger partial charge in [-0.2, -0.15) is 0 Å². The Morgan fingerprint density at radius 3 is 2.85 bits per heavy atom. The highest BCUT2D eigenvalue weighted by Gasteiger charge is 2.20. The molecule has 0 radical (unpaired) electrons. The minimum atomic E-state index is 0.298. The van der Waals surface area contributed by atoms with E-state index in [1.165, 1.54) is 17.5 Å². The second kappa shape index (κ2) is 7.78. The molecular weight excluding hydrogens is 334 g/mol. The number of nitrogens with zero attached hydrogens (tertiary/aromatic N) is 2. The van der Waals surface area contributed by atoms with E-state index in [9.17, 15) is 0 Å². The van der Waals surface area contributed by atoms with Gasteiger partial charge in [-0.1, -0.05) is 36.4 Å². The lowest BCUT2D eigenvalue weighted by atomic mass is 9.88. The Kier molecular flexibility index (Phi) is 5.05. The zero-order valence-corrected chi connectivity index (χ0v) is 15.9. The van der Waals surface area contributed by atoms with E-state index in [1.54, 1.807) is 0 Å². The van der Waals surface area contributed by atoms with Gasteiger partial charge in [0, 0.05) is 11.6 Å². The van der Waals surface area contributed by atoms with Crippen LogP contribution in [0.3, 0.4) is 0 Å². The Labute approximate surface area is 160 Å². The molecule has 1 atom stereocenters. The molecule has 0 spiro atoms. The summed E-state index contributed by atoms with van der Waals surface area (Å²) in [6.07, 6.45) is 3.48. The lowest BCUT2D eigenvalue weighted by Crippen LogP contribution is -2.18. The van der Waals surface area contributed by atoms with Crippen molar-refractivity contribution >= 4 is 5.82 Å². The number of hydrogen-bond donors (Lipinski definition) is 1. The fraction of sp³-hybridized carbons (Fsp3) is 0.304. The van der Waals surface area contributed by atoms with Crippen LogP contribution in [0, 0.1) is 6.92 Å². The van der Waals surface area contributed by atoms with Crippen molar-refractivity contribution in [2.45, 2.75) is 39.2 Å². The van der Waals surface area contributed by atoms with Crippen molar-refractivity contribution in [1.82, 2.24) is 9.97 Å². The number of rotatable bonds is 5. The van der Waals surface area contributed by atoms with E-state index in [0.717, 1.165) is 41.5 Å². The number of benzene rings is 2. The van der Waals surface area contributed by atoms with Crippen LogP contribution in [0.4, 0.5) is 5.82 Å². The van der Waals surface area contributed by atoms with E-state index in [-0.39, 0.29) is 0 Å². The molecule has 1 aliphatic carbocycles. The van der Waals surface area contributed by atoms with Gasteiger partial charge in [0.2, 0.25) is 0 Å². The maximum absolute atomic E-state index is 5.63. The molecule has 0 saturated heterocycles. The molecule has 138 valence electrons. The SMILES string of the molecule is CCOc1cccc(-c2cc(NC3CCCc4ccccc43)nc(C)n2)c1. The zero-order valence-electron chi connectivity index (χ0n) is 15.9. The highest BCUT2D eigenvalue weighted by molar-refractivity contribution is 5.64. The van der Waals surface area contributed by atoms with Crippen LogP contribution in [-0.2, 0) is 6.42 Å². The van der Waals surface area contributed by atoms with E-state index < -0.39 is 0 Å². The third kappa shape index (κ3) is 3.95. The molecule has 1 unspecified atom stereocenters. The fourth-order valence-electron chi connectivity index (χ4n) is 3.78. The van der Waals surface area contributed by atoms with Gasteiger partial charge in [-0.05, 0) is 56.4 Å². The molecule has 0 amide bonds. The minimum absolute atomic E-state index is 0.298. The minimum Gasteiger partial charge on any atom is -0.494 e. The van der Waals surface area contributed by atoms with Crippen molar-refractivity contribution in [3.8, 4) is 17.0 Å². The van der Waals surface area contributed by atoms with Crippen LogP contribution < -0.4 is 10.1 Å². The number of ether oxygens (including phenoxy) is 1. The Morgan fingerprint density at radius 1 is 1.07 bits per heavy atom. The fourth-order valence-corrected chi connectivity index (χ4v) is 3.78. The molecule has 4 heteroatoms. The first-order chi connectivity index (χ1) is 13.2. The summed E-state index contributed by atoms with van der Waals surface area (Å²) in [5, 5.41) is 3.65. The average Bonchev–Trinajstić information content (AvgIpc) is 2.68. The first-order valence-corrected chi connectivity index (χ1v) is 9.66. The third-order valence-electron chi connectivity index (χ3n) is 4.97. The largest absolute Gasteiger partial charge is 0.494 e. The molecule has 1 aromatic heterocycles. The zero-order chi connectivity index (χ0) is 18.6. The summed E-state index contributed by atoms with van der Waals surface area (Å²) in [5.41, 5.74) is 4.78. The monoisotopic (exact) mass is 359 g/mol. The second-order valence-electron chi connectivity index (χ2n) is 6.93. The molecule has 0 aliphatic heterocycles. The van der Waals surface area contributed by atoms with Crippen molar-refractivity contribution in [1.29, 1.82) is 0 Å². The normalized spacial score (nSPS) is 15.9. The predicted molar refractivity (Wildman–Crippen MR) is 109 cm³/mol. The molecule has 0 saturated carbocycles. The molecule has 4 nitrogen and oxygen atoms in total. The molecule has 1 N–H and O–H groups in total. The van der Waals surface area contributed by atoms with Crippen LogP contribution in [0.2, 0.25) is 0 Å². The van der Waals surface area contributed by atoms with Crippen LogP contribution in [-0.4, -0.2) is 16.6 Å². The lowest BCUT2D eigenvalue weighted by molar-refractivity contribution is 0.340. The quantitative estimate of drug-likeness (QED) is 0.668. The smallest absolute Gasteiger partial charge is 0.130 e. The Hall–Kier alpha value is -2.88. The molecule has 4 rings (SSSR count). The van der Waals surface area contributed by atoms with E-state index in [2.05, 4.69) is 45.6 Å².